The van der Waals surface area contributed by atoms with Gasteiger partial charge in [-0.3, -0.25) is 9.69 Å². The SMILES string of the molecule is COCC(=O)N1c2ncnn2[C@@H](c2ccc(C)cc2)C[C@H]1c1ccccc1. The highest BCUT2D eigenvalue weighted by Gasteiger charge is 2.39. The molecule has 2 atom stereocenters. The molecule has 1 amide bonds. The zero-order valence-electron chi connectivity index (χ0n) is 15.4. The summed E-state index contributed by atoms with van der Waals surface area (Å²) in [5.74, 6) is 0.436. The molecule has 0 N–H and O–H groups in total. The smallest absolute Gasteiger partial charge is 0.255 e. The van der Waals surface area contributed by atoms with Crippen molar-refractivity contribution in [2.24, 2.45) is 0 Å². The van der Waals surface area contributed by atoms with Crippen molar-refractivity contribution < 1.29 is 9.53 Å². The van der Waals surface area contributed by atoms with Crippen LogP contribution in [0.15, 0.2) is 60.9 Å². The Bertz CT molecular complexity index is 921. The lowest BCUT2D eigenvalue weighted by molar-refractivity contribution is -0.123. The van der Waals surface area contributed by atoms with Crippen LogP contribution in [0.1, 0.15) is 35.2 Å². The van der Waals surface area contributed by atoms with Crippen molar-refractivity contribution >= 4 is 11.9 Å². The molecule has 3 aromatic rings. The highest BCUT2D eigenvalue weighted by Crippen LogP contribution is 2.41. The summed E-state index contributed by atoms with van der Waals surface area (Å²) in [7, 11) is 1.53. The van der Waals surface area contributed by atoms with Crippen LogP contribution in [0.25, 0.3) is 0 Å². The molecule has 2 heterocycles. The van der Waals surface area contributed by atoms with E-state index in [-0.39, 0.29) is 24.6 Å². The van der Waals surface area contributed by atoms with Crippen LogP contribution in [0.2, 0.25) is 0 Å². The number of benzene rings is 2. The average molecular weight is 362 g/mol. The van der Waals surface area contributed by atoms with E-state index < -0.39 is 0 Å². The van der Waals surface area contributed by atoms with Crippen molar-refractivity contribution in [1.29, 1.82) is 0 Å². The number of aromatic nitrogens is 3. The van der Waals surface area contributed by atoms with E-state index in [4.69, 9.17) is 4.74 Å². The third kappa shape index (κ3) is 3.24. The highest BCUT2D eigenvalue weighted by molar-refractivity contribution is 5.93. The maximum Gasteiger partial charge on any atom is 0.255 e. The predicted molar refractivity (Wildman–Crippen MR) is 103 cm³/mol. The molecule has 1 aromatic heterocycles. The number of anilines is 1. The number of amides is 1. The molecule has 0 spiro atoms. The van der Waals surface area contributed by atoms with Crippen LogP contribution in [0.4, 0.5) is 5.95 Å². The van der Waals surface area contributed by atoms with Crippen molar-refractivity contribution in [2.45, 2.75) is 25.4 Å². The predicted octanol–water partition coefficient (Wildman–Crippen LogP) is 3.30. The van der Waals surface area contributed by atoms with Gasteiger partial charge in [0.15, 0.2) is 0 Å². The van der Waals surface area contributed by atoms with E-state index in [1.165, 1.54) is 19.0 Å². The van der Waals surface area contributed by atoms with Gasteiger partial charge in [-0.15, -0.1) is 0 Å². The van der Waals surface area contributed by atoms with Gasteiger partial charge in [0.2, 0.25) is 5.95 Å². The first-order valence-corrected chi connectivity index (χ1v) is 9.01. The van der Waals surface area contributed by atoms with E-state index in [9.17, 15) is 4.79 Å². The maximum atomic E-state index is 12.9. The summed E-state index contributed by atoms with van der Waals surface area (Å²) in [5, 5.41) is 4.43. The molecule has 1 aliphatic rings. The van der Waals surface area contributed by atoms with Gasteiger partial charge >= 0.3 is 0 Å². The second-order valence-corrected chi connectivity index (χ2v) is 6.79. The Balaban J connectivity index is 1.82. The molecular weight excluding hydrogens is 340 g/mol. The van der Waals surface area contributed by atoms with E-state index in [2.05, 4.69) is 53.4 Å². The zero-order valence-corrected chi connectivity index (χ0v) is 15.4. The first-order valence-electron chi connectivity index (χ1n) is 9.01. The fourth-order valence-electron chi connectivity index (χ4n) is 3.70. The van der Waals surface area contributed by atoms with Crippen LogP contribution in [0.5, 0.6) is 0 Å². The Morgan fingerprint density at radius 3 is 2.48 bits per heavy atom. The van der Waals surface area contributed by atoms with Gasteiger partial charge in [-0.25, -0.2) is 4.68 Å². The molecule has 0 bridgehead atoms. The molecule has 0 unspecified atom stereocenters. The number of ether oxygens (including phenoxy) is 1. The topological polar surface area (TPSA) is 60.2 Å². The number of aryl methyl sites for hydroxylation is 1. The molecule has 0 fully saturated rings. The third-order valence-corrected chi connectivity index (χ3v) is 5.01. The minimum Gasteiger partial charge on any atom is -0.375 e. The second kappa shape index (κ2) is 7.32. The summed E-state index contributed by atoms with van der Waals surface area (Å²) < 4.78 is 6.95. The molecule has 138 valence electrons. The van der Waals surface area contributed by atoms with Crippen LogP contribution >= 0.6 is 0 Å². The summed E-state index contributed by atoms with van der Waals surface area (Å²) in [6.07, 6.45) is 2.23. The third-order valence-electron chi connectivity index (χ3n) is 5.01. The average Bonchev–Trinajstić information content (AvgIpc) is 3.18. The second-order valence-electron chi connectivity index (χ2n) is 6.79. The molecule has 6 heteroatoms. The van der Waals surface area contributed by atoms with Crippen molar-refractivity contribution in [3.63, 3.8) is 0 Å². The first kappa shape index (κ1) is 17.4. The lowest BCUT2D eigenvalue weighted by Crippen LogP contribution is -2.44. The van der Waals surface area contributed by atoms with E-state index in [1.54, 1.807) is 4.90 Å². The lowest BCUT2D eigenvalue weighted by Gasteiger charge is -2.39. The van der Waals surface area contributed by atoms with E-state index in [1.807, 2.05) is 22.9 Å². The van der Waals surface area contributed by atoms with Crippen LogP contribution in [-0.4, -0.2) is 34.4 Å². The molecule has 2 aromatic carbocycles. The molecule has 0 saturated carbocycles. The molecule has 0 aliphatic carbocycles. The van der Waals surface area contributed by atoms with Gasteiger partial charge in [0, 0.05) is 7.11 Å². The molecule has 27 heavy (non-hydrogen) atoms. The first-order chi connectivity index (χ1) is 13.2. The van der Waals surface area contributed by atoms with Gasteiger partial charge in [-0.1, -0.05) is 60.2 Å². The van der Waals surface area contributed by atoms with Crippen LogP contribution in [0.3, 0.4) is 0 Å². The summed E-state index contributed by atoms with van der Waals surface area (Å²) in [4.78, 5) is 19.0. The van der Waals surface area contributed by atoms with Gasteiger partial charge in [-0.05, 0) is 24.5 Å². The number of fused-ring (bicyclic) bond motifs is 1. The van der Waals surface area contributed by atoms with E-state index in [0.717, 1.165) is 17.5 Å². The Hall–Kier alpha value is -2.99. The summed E-state index contributed by atoms with van der Waals surface area (Å²) in [6.45, 7) is 2.08. The van der Waals surface area contributed by atoms with Crippen LogP contribution in [0, 0.1) is 6.92 Å². The van der Waals surface area contributed by atoms with Crippen molar-refractivity contribution in [3.05, 3.63) is 77.6 Å². The fourth-order valence-corrected chi connectivity index (χ4v) is 3.70. The van der Waals surface area contributed by atoms with Crippen molar-refractivity contribution in [3.8, 4) is 0 Å². The number of hydrogen-bond acceptors (Lipinski definition) is 4. The van der Waals surface area contributed by atoms with Gasteiger partial charge < -0.3 is 4.74 Å². The van der Waals surface area contributed by atoms with Crippen LogP contribution in [-0.2, 0) is 9.53 Å². The number of rotatable bonds is 4. The Morgan fingerprint density at radius 1 is 1.07 bits per heavy atom. The standard InChI is InChI=1S/C21H22N4O2/c1-15-8-10-17(11-9-15)19-12-18(16-6-4-3-5-7-16)24(20(26)13-27-2)21-22-14-23-25(19)21/h3-11,14,18-19H,12-13H2,1-2H3/t18-,19+/m0/s1. The summed E-state index contributed by atoms with van der Waals surface area (Å²) >= 11 is 0. The van der Waals surface area contributed by atoms with E-state index >= 15 is 0 Å². The lowest BCUT2D eigenvalue weighted by atomic mass is 9.91. The number of nitrogens with zero attached hydrogens (tertiary/aromatic N) is 4. The molecule has 6 nitrogen and oxygen atoms in total. The summed E-state index contributed by atoms with van der Waals surface area (Å²) in [5.41, 5.74) is 3.45. The normalized spacial score (nSPS) is 19.0. The Labute approximate surface area is 158 Å². The molecule has 0 radical (unpaired) electrons. The molecule has 4 rings (SSSR count). The zero-order chi connectivity index (χ0) is 18.8. The van der Waals surface area contributed by atoms with E-state index in [0.29, 0.717) is 5.95 Å². The minimum absolute atomic E-state index is 0.00535. The number of carbonyl (C=O) groups excluding carboxylic acids is 1. The molecule has 0 saturated heterocycles. The van der Waals surface area contributed by atoms with Gasteiger partial charge in [-0.2, -0.15) is 10.1 Å². The minimum atomic E-state index is -0.128. The van der Waals surface area contributed by atoms with Crippen LogP contribution < -0.4 is 4.90 Å². The maximum absolute atomic E-state index is 12.9. The largest absolute Gasteiger partial charge is 0.375 e. The monoisotopic (exact) mass is 362 g/mol. The Kier molecular flexibility index (Phi) is 4.73. The molecule has 1 aliphatic heterocycles. The van der Waals surface area contributed by atoms with Crippen molar-refractivity contribution in [2.75, 3.05) is 18.6 Å². The number of carbonyl (C=O) groups is 1. The highest BCUT2D eigenvalue weighted by atomic mass is 16.5. The summed E-state index contributed by atoms with van der Waals surface area (Å²) in [6, 6.07) is 18.4. The van der Waals surface area contributed by atoms with Gasteiger partial charge in [0.25, 0.3) is 5.91 Å². The number of hydrogen-bond donors (Lipinski definition) is 0. The Morgan fingerprint density at radius 2 is 1.78 bits per heavy atom. The van der Waals surface area contributed by atoms with Gasteiger partial charge in [0.05, 0.1) is 12.1 Å². The van der Waals surface area contributed by atoms with Gasteiger partial charge in [0.1, 0.15) is 12.9 Å². The number of methoxy groups -OCH3 is 1. The fraction of sp³-hybridized carbons (Fsp3) is 0.286. The molecular formula is C21H22N4O2. The quantitative estimate of drug-likeness (QED) is 0.714. The van der Waals surface area contributed by atoms with Crippen molar-refractivity contribution in [1.82, 2.24) is 14.8 Å².